The van der Waals surface area contributed by atoms with Crippen molar-refractivity contribution in [3.05, 3.63) is 29.6 Å². The van der Waals surface area contributed by atoms with Gasteiger partial charge in [0.25, 0.3) is 0 Å². The van der Waals surface area contributed by atoms with Crippen molar-refractivity contribution < 1.29 is 13.9 Å². The zero-order chi connectivity index (χ0) is 21.1. The van der Waals surface area contributed by atoms with Crippen LogP contribution in [0.25, 0.3) is 0 Å². The molecule has 2 N–H and O–H groups in total. The molecule has 0 aliphatic carbocycles. The fourth-order valence-electron chi connectivity index (χ4n) is 3.24. The van der Waals surface area contributed by atoms with Crippen LogP contribution < -0.4 is 15.5 Å². The molecule has 0 bridgehead atoms. The highest BCUT2D eigenvalue weighted by atomic mass is 127. The summed E-state index contributed by atoms with van der Waals surface area (Å²) in [5.74, 6) is 0.513. The van der Waals surface area contributed by atoms with E-state index in [4.69, 9.17) is 4.74 Å². The number of halogens is 2. The highest BCUT2D eigenvalue weighted by Crippen LogP contribution is 2.21. The molecular formula is C21H35FIN5O2. The summed E-state index contributed by atoms with van der Waals surface area (Å²) in [6.45, 7) is 11.6. The molecule has 0 radical (unpaired) electrons. The van der Waals surface area contributed by atoms with Crippen LogP contribution in [0, 0.1) is 5.82 Å². The molecule has 1 aliphatic rings. The Balaban J connectivity index is 0.00000450. The molecule has 0 saturated carbocycles. The summed E-state index contributed by atoms with van der Waals surface area (Å²) in [6, 6.07) is 5.27. The number of hydrogen-bond donors (Lipinski definition) is 2. The van der Waals surface area contributed by atoms with Crippen LogP contribution in [0.3, 0.4) is 0 Å². The smallest absolute Gasteiger partial charge is 0.224 e. The van der Waals surface area contributed by atoms with Crippen molar-refractivity contribution in [1.82, 2.24) is 15.5 Å². The molecule has 1 fully saturated rings. The van der Waals surface area contributed by atoms with E-state index < -0.39 is 0 Å². The number of carbonyl (C=O) groups is 1. The van der Waals surface area contributed by atoms with Crippen molar-refractivity contribution in [2.75, 3.05) is 57.4 Å². The SMILES string of the molecule is CCNC(=NCc1ccc(N2CCOCC2)c(F)c1)NCCC(=O)N(CC)CC.I. The summed E-state index contributed by atoms with van der Waals surface area (Å²) in [7, 11) is 0. The number of nitrogens with zero attached hydrogens (tertiary/aromatic N) is 3. The third kappa shape index (κ3) is 8.25. The molecule has 1 saturated heterocycles. The lowest BCUT2D eigenvalue weighted by molar-refractivity contribution is -0.130. The van der Waals surface area contributed by atoms with Gasteiger partial charge in [-0.25, -0.2) is 9.38 Å². The fourth-order valence-corrected chi connectivity index (χ4v) is 3.24. The van der Waals surface area contributed by atoms with Gasteiger partial charge in [-0.15, -0.1) is 24.0 Å². The average molecular weight is 535 g/mol. The lowest BCUT2D eigenvalue weighted by Gasteiger charge is -2.29. The minimum absolute atomic E-state index is 0. The van der Waals surface area contributed by atoms with Gasteiger partial charge < -0.3 is 25.2 Å². The van der Waals surface area contributed by atoms with Crippen molar-refractivity contribution in [2.45, 2.75) is 33.7 Å². The first kappa shape index (κ1) is 26.4. The summed E-state index contributed by atoms with van der Waals surface area (Å²) < 4.78 is 19.9. The van der Waals surface area contributed by atoms with Crippen LogP contribution in [-0.2, 0) is 16.1 Å². The molecule has 0 aromatic heterocycles. The highest BCUT2D eigenvalue weighted by Gasteiger charge is 2.15. The van der Waals surface area contributed by atoms with Gasteiger partial charge in [-0.1, -0.05) is 6.07 Å². The second-order valence-corrected chi connectivity index (χ2v) is 6.82. The minimum atomic E-state index is -0.234. The first-order chi connectivity index (χ1) is 14.1. The monoisotopic (exact) mass is 535 g/mol. The fraction of sp³-hybridized carbons (Fsp3) is 0.619. The number of ether oxygens (including phenoxy) is 1. The molecule has 1 aliphatic heterocycles. The third-order valence-corrected chi connectivity index (χ3v) is 4.88. The molecule has 0 unspecified atom stereocenters. The van der Waals surface area contributed by atoms with Gasteiger partial charge in [-0.2, -0.15) is 0 Å². The van der Waals surface area contributed by atoms with Crippen LogP contribution in [0.2, 0.25) is 0 Å². The number of carbonyl (C=O) groups excluding carboxylic acids is 1. The number of anilines is 1. The number of guanidine groups is 1. The standard InChI is InChI=1S/C21H34FN5O2.HI/c1-4-23-21(24-10-9-20(28)26(5-2)6-3)25-16-17-7-8-19(18(22)15-17)27-11-13-29-14-12-27;/h7-8,15H,4-6,9-14,16H2,1-3H3,(H2,23,24,25);1H. The third-order valence-electron chi connectivity index (χ3n) is 4.88. The topological polar surface area (TPSA) is 69.2 Å². The first-order valence-electron chi connectivity index (χ1n) is 10.5. The van der Waals surface area contributed by atoms with Crippen molar-refractivity contribution in [1.29, 1.82) is 0 Å². The summed E-state index contributed by atoms with van der Waals surface area (Å²) in [4.78, 5) is 20.4. The number of hydrogen-bond acceptors (Lipinski definition) is 4. The summed E-state index contributed by atoms with van der Waals surface area (Å²) in [5.41, 5.74) is 1.41. The van der Waals surface area contributed by atoms with Gasteiger partial charge in [0.1, 0.15) is 5.82 Å². The maximum Gasteiger partial charge on any atom is 0.224 e. The Kier molecular flexibility index (Phi) is 12.7. The Labute approximate surface area is 196 Å². The molecule has 7 nitrogen and oxygen atoms in total. The molecule has 9 heteroatoms. The predicted molar refractivity (Wildman–Crippen MR) is 130 cm³/mol. The predicted octanol–water partition coefficient (Wildman–Crippen LogP) is 2.59. The Morgan fingerprint density at radius 1 is 1.20 bits per heavy atom. The molecule has 30 heavy (non-hydrogen) atoms. The van der Waals surface area contributed by atoms with E-state index in [0.29, 0.717) is 64.0 Å². The maximum absolute atomic E-state index is 14.5. The van der Waals surface area contributed by atoms with Crippen LogP contribution in [0.15, 0.2) is 23.2 Å². The van der Waals surface area contributed by atoms with Crippen LogP contribution in [0.4, 0.5) is 10.1 Å². The zero-order valence-corrected chi connectivity index (χ0v) is 20.6. The quantitative estimate of drug-likeness (QED) is 0.289. The Morgan fingerprint density at radius 2 is 1.90 bits per heavy atom. The number of aliphatic imine (C=N–C) groups is 1. The van der Waals surface area contributed by atoms with Crippen molar-refractivity contribution in [2.24, 2.45) is 4.99 Å². The van der Waals surface area contributed by atoms with Gasteiger partial charge in [-0.05, 0) is 38.5 Å². The number of amides is 1. The first-order valence-corrected chi connectivity index (χ1v) is 10.5. The van der Waals surface area contributed by atoms with Crippen molar-refractivity contribution in [3.63, 3.8) is 0 Å². The summed E-state index contributed by atoms with van der Waals surface area (Å²) >= 11 is 0. The molecule has 2 rings (SSSR count). The van der Waals surface area contributed by atoms with Gasteiger partial charge in [0.15, 0.2) is 5.96 Å². The lowest BCUT2D eigenvalue weighted by Crippen LogP contribution is -2.40. The van der Waals surface area contributed by atoms with Crippen LogP contribution in [-0.4, -0.2) is 69.2 Å². The summed E-state index contributed by atoms with van der Waals surface area (Å²) in [5, 5.41) is 6.34. The van der Waals surface area contributed by atoms with E-state index in [1.165, 1.54) is 0 Å². The largest absolute Gasteiger partial charge is 0.378 e. The normalized spacial score (nSPS) is 14.1. The van der Waals surface area contributed by atoms with Crippen LogP contribution in [0.1, 0.15) is 32.8 Å². The Hall–Kier alpha value is -1.62. The number of morpholine rings is 1. The molecular weight excluding hydrogens is 500 g/mol. The molecule has 1 heterocycles. The van der Waals surface area contributed by atoms with Gasteiger partial charge in [0, 0.05) is 45.7 Å². The van der Waals surface area contributed by atoms with Crippen LogP contribution >= 0.6 is 24.0 Å². The van der Waals surface area contributed by atoms with Gasteiger partial charge >= 0.3 is 0 Å². The van der Waals surface area contributed by atoms with Crippen molar-refractivity contribution in [3.8, 4) is 0 Å². The maximum atomic E-state index is 14.5. The van der Waals surface area contributed by atoms with E-state index in [1.54, 1.807) is 6.07 Å². The minimum Gasteiger partial charge on any atom is -0.378 e. The van der Waals surface area contributed by atoms with E-state index in [2.05, 4.69) is 15.6 Å². The highest BCUT2D eigenvalue weighted by molar-refractivity contribution is 14.0. The van der Waals surface area contributed by atoms with E-state index in [0.717, 1.165) is 18.7 Å². The molecule has 1 aromatic carbocycles. The molecule has 1 amide bonds. The van der Waals surface area contributed by atoms with Crippen LogP contribution in [0.5, 0.6) is 0 Å². The van der Waals surface area contributed by atoms with E-state index >= 15 is 0 Å². The van der Waals surface area contributed by atoms with Gasteiger partial charge in [0.2, 0.25) is 5.91 Å². The van der Waals surface area contributed by atoms with E-state index in [9.17, 15) is 9.18 Å². The zero-order valence-electron chi connectivity index (χ0n) is 18.2. The van der Waals surface area contributed by atoms with Crippen molar-refractivity contribution >= 4 is 41.5 Å². The van der Waals surface area contributed by atoms with Gasteiger partial charge in [-0.3, -0.25) is 4.79 Å². The molecule has 0 spiro atoms. The number of nitrogens with one attached hydrogen (secondary N) is 2. The van der Waals surface area contributed by atoms with E-state index in [1.807, 2.05) is 42.7 Å². The van der Waals surface area contributed by atoms with Gasteiger partial charge in [0.05, 0.1) is 25.4 Å². The van der Waals surface area contributed by atoms with E-state index in [-0.39, 0.29) is 35.7 Å². The summed E-state index contributed by atoms with van der Waals surface area (Å²) in [6.07, 6.45) is 0.412. The Morgan fingerprint density at radius 3 is 2.50 bits per heavy atom. The number of benzene rings is 1. The second kappa shape index (κ2) is 14.4. The molecule has 170 valence electrons. The Bertz CT molecular complexity index is 679. The molecule has 1 aromatic rings. The average Bonchev–Trinajstić information content (AvgIpc) is 2.73. The molecule has 0 atom stereocenters. The lowest BCUT2D eigenvalue weighted by atomic mass is 10.1. The number of rotatable bonds is 9. The second-order valence-electron chi connectivity index (χ2n) is 6.82.